The summed E-state index contributed by atoms with van der Waals surface area (Å²) < 4.78 is 0. The highest BCUT2D eigenvalue weighted by atomic mass is 16.1. The zero-order valence-electron chi connectivity index (χ0n) is 11.9. The van der Waals surface area contributed by atoms with Gasteiger partial charge in [0.05, 0.1) is 0 Å². The summed E-state index contributed by atoms with van der Waals surface area (Å²) in [6.07, 6.45) is 1.08. The van der Waals surface area contributed by atoms with Crippen LogP contribution in [-0.4, -0.2) is 5.78 Å². The number of hydrogen-bond donors (Lipinski definition) is 2. The summed E-state index contributed by atoms with van der Waals surface area (Å²) in [6, 6.07) is 12.7. The minimum Gasteiger partial charge on any atom is -0.399 e. The number of carbonyl (C=O) groups is 1. The fourth-order valence-corrected chi connectivity index (χ4v) is 2.17. The minimum absolute atomic E-state index is 0.0558. The molecule has 0 aliphatic heterocycles. The van der Waals surface area contributed by atoms with E-state index in [1.165, 1.54) is 5.56 Å². The van der Waals surface area contributed by atoms with E-state index in [0.29, 0.717) is 28.4 Å². The number of carbonyl (C=O) groups excluding carboxylic acids is 1. The molecular weight excluding hydrogens is 248 g/mol. The summed E-state index contributed by atoms with van der Waals surface area (Å²) in [5.74, 6) is 0.446. The van der Waals surface area contributed by atoms with Gasteiger partial charge in [0.25, 0.3) is 0 Å². The van der Waals surface area contributed by atoms with E-state index in [1.54, 1.807) is 18.2 Å². The lowest BCUT2D eigenvalue weighted by Crippen LogP contribution is -2.04. The summed E-state index contributed by atoms with van der Waals surface area (Å²) in [6.45, 7) is 4.33. The van der Waals surface area contributed by atoms with Crippen molar-refractivity contribution in [1.29, 1.82) is 0 Å². The minimum atomic E-state index is -0.0558. The van der Waals surface area contributed by atoms with Gasteiger partial charge in [-0.3, -0.25) is 4.79 Å². The summed E-state index contributed by atoms with van der Waals surface area (Å²) in [5, 5.41) is 0. The second kappa shape index (κ2) is 5.78. The van der Waals surface area contributed by atoms with E-state index in [9.17, 15) is 4.79 Å². The molecule has 2 aromatic carbocycles. The average molecular weight is 268 g/mol. The molecule has 0 fully saturated rings. The normalized spacial score (nSPS) is 12.1. The first-order chi connectivity index (χ1) is 9.51. The molecule has 0 bridgehead atoms. The standard InChI is InChI=1S/C17H20N2O/c1-3-11(2)12-4-6-13(7-5-12)17(20)14-8-15(18)10-16(19)9-14/h4-11H,3,18-19H2,1-2H3. The van der Waals surface area contributed by atoms with Crippen molar-refractivity contribution in [1.82, 2.24) is 0 Å². The first kappa shape index (κ1) is 14.1. The van der Waals surface area contributed by atoms with E-state index in [2.05, 4.69) is 13.8 Å². The molecule has 104 valence electrons. The lowest BCUT2D eigenvalue weighted by atomic mass is 9.95. The lowest BCUT2D eigenvalue weighted by molar-refractivity contribution is 0.103. The molecule has 0 radical (unpaired) electrons. The summed E-state index contributed by atoms with van der Waals surface area (Å²) in [7, 11) is 0. The molecule has 2 aromatic rings. The second-order valence-corrected chi connectivity index (χ2v) is 5.15. The average Bonchev–Trinajstić information content (AvgIpc) is 2.45. The molecule has 2 rings (SSSR count). The molecule has 0 heterocycles. The molecule has 0 saturated heterocycles. The number of anilines is 2. The van der Waals surface area contributed by atoms with Crippen LogP contribution in [0.15, 0.2) is 42.5 Å². The van der Waals surface area contributed by atoms with E-state index in [0.717, 1.165) is 6.42 Å². The Morgan fingerprint density at radius 2 is 1.55 bits per heavy atom. The van der Waals surface area contributed by atoms with Gasteiger partial charge in [0.2, 0.25) is 0 Å². The van der Waals surface area contributed by atoms with Crippen LogP contribution in [0.1, 0.15) is 47.7 Å². The number of rotatable bonds is 4. The molecule has 4 N–H and O–H groups in total. The Morgan fingerprint density at radius 3 is 2.05 bits per heavy atom. The van der Waals surface area contributed by atoms with Gasteiger partial charge in [-0.2, -0.15) is 0 Å². The van der Waals surface area contributed by atoms with Gasteiger partial charge >= 0.3 is 0 Å². The highest BCUT2D eigenvalue weighted by Gasteiger charge is 2.11. The number of nitrogens with two attached hydrogens (primary N) is 2. The SMILES string of the molecule is CCC(C)c1ccc(C(=O)c2cc(N)cc(N)c2)cc1. The summed E-state index contributed by atoms with van der Waals surface area (Å²) in [5.41, 5.74) is 14.9. The number of hydrogen-bond acceptors (Lipinski definition) is 3. The van der Waals surface area contributed by atoms with Crippen molar-refractivity contribution < 1.29 is 4.79 Å². The summed E-state index contributed by atoms with van der Waals surface area (Å²) >= 11 is 0. The van der Waals surface area contributed by atoms with Crippen LogP contribution in [0, 0.1) is 0 Å². The van der Waals surface area contributed by atoms with E-state index in [-0.39, 0.29) is 5.78 Å². The van der Waals surface area contributed by atoms with Crippen molar-refractivity contribution >= 4 is 17.2 Å². The number of nitrogen functional groups attached to an aromatic ring is 2. The van der Waals surface area contributed by atoms with E-state index >= 15 is 0 Å². The maximum absolute atomic E-state index is 12.4. The third-order valence-electron chi connectivity index (χ3n) is 3.59. The monoisotopic (exact) mass is 268 g/mol. The molecule has 0 aliphatic carbocycles. The molecule has 3 heteroatoms. The van der Waals surface area contributed by atoms with Gasteiger partial charge in [-0.15, -0.1) is 0 Å². The van der Waals surface area contributed by atoms with E-state index < -0.39 is 0 Å². The molecule has 20 heavy (non-hydrogen) atoms. The molecule has 1 atom stereocenters. The zero-order chi connectivity index (χ0) is 14.7. The predicted octanol–water partition coefficient (Wildman–Crippen LogP) is 3.60. The van der Waals surface area contributed by atoms with Crippen molar-refractivity contribution in [3.05, 3.63) is 59.2 Å². The molecule has 0 spiro atoms. The van der Waals surface area contributed by atoms with Gasteiger partial charge in [0.1, 0.15) is 0 Å². The Balaban J connectivity index is 2.29. The van der Waals surface area contributed by atoms with Crippen molar-refractivity contribution in [3.8, 4) is 0 Å². The molecular formula is C17H20N2O. The molecule has 0 saturated carbocycles. The van der Waals surface area contributed by atoms with E-state index in [4.69, 9.17) is 11.5 Å². The molecule has 1 unspecified atom stereocenters. The lowest BCUT2D eigenvalue weighted by Gasteiger charge is -2.10. The number of benzene rings is 2. The Hall–Kier alpha value is -2.29. The molecule has 3 nitrogen and oxygen atoms in total. The van der Waals surface area contributed by atoms with Crippen LogP contribution in [0.3, 0.4) is 0 Å². The zero-order valence-corrected chi connectivity index (χ0v) is 11.9. The Kier molecular flexibility index (Phi) is 4.08. The third-order valence-corrected chi connectivity index (χ3v) is 3.59. The largest absolute Gasteiger partial charge is 0.399 e. The van der Waals surface area contributed by atoms with Crippen LogP contribution in [-0.2, 0) is 0 Å². The van der Waals surface area contributed by atoms with Crippen LogP contribution in [0.2, 0.25) is 0 Å². The first-order valence-electron chi connectivity index (χ1n) is 6.82. The van der Waals surface area contributed by atoms with Crippen LogP contribution in [0.5, 0.6) is 0 Å². The van der Waals surface area contributed by atoms with Crippen molar-refractivity contribution in [2.24, 2.45) is 0 Å². The fourth-order valence-electron chi connectivity index (χ4n) is 2.17. The van der Waals surface area contributed by atoms with Gasteiger partial charge in [0, 0.05) is 22.5 Å². The maximum Gasteiger partial charge on any atom is 0.193 e. The number of ketones is 1. The van der Waals surface area contributed by atoms with Gasteiger partial charge in [0.15, 0.2) is 5.78 Å². The predicted molar refractivity (Wildman–Crippen MR) is 83.8 cm³/mol. The molecule has 0 amide bonds. The van der Waals surface area contributed by atoms with Crippen LogP contribution < -0.4 is 11.5 Å². The third kappa shape index (κ3) is 2.99. The fraction of sp³-hybridized carbons (Fsp3) is 0.235. The van der Waals surface area contributed by atoms with Gasteiger partial charge in [-0.05, 0) is 36.1 Å². The Labute approximate surface area is 119 Å². The van der Waals surface area contributed by atoms with Gasteiger partial charge in [-0.25, -0.2) is 0 Å². The van der Waals surface area contributed by atoms with Gasteiger partial charge in [-0.1, -0.05) is 38.1 Å². The second-order valence-electron chi connectivity index (χ2n) is 5.15. The van der Waals surface area contributed by atoms with Gasteiger partial charge < -0.3 is 11.5 Å². The topological polar surface area (TPSA) is 69.1 Å². The highest BCUT2D eigenvalue weighted by molar-refractivity contribution is 6.09. The quantitative estimate of drug-likeness (QED) is 0.657. The Bertz CT molecular complexity index is 597. The van der Waals surface area contributed by atoms with Crippen LogP contribution in [0.25, 0.3) is 0 Å². The molecule has 0 aromatic heterocycles. The van der Waals surface area contributed by atoms with E-state index in [1.807, 2.05) is 24.3 Å². The maximum atomic E-state index is 12.4. The molecule has 0 aliphatic rings. The summed E-state index contributed by atoms with van der Waals surface area (Å²) in [4.78, 5) is 12.4. The van der Waals surface area contributed by atoms with Crippen LogP contribution >= 0.6 is 0 Å². The van der Waals surface area contributed by atoms with Crippen molar-refractivity contribution in [2.45, 2.75) is 26.2 Å². The van der Waals surface area contributed by atoms with Crippen LogP contribution in [0.4, 0.5) is 11.4 Å². The first-order valence-corrected chi connectivity index (χ1v) is 6.82. The van der Waals surface area contributed by atoms with Crippen molar-refractivity contribution in [2.75, 3.05) is 11.5 Å². The highest BCUT2D eigenvalue weighted by Crippen LogP contribution is 2.21. The smallest absolute Gasteiger partial charge is 0.193 e. The van der Waals surface area contributed by atoms with Crippen molar-refractivity contribution in [3.63, 3.8) is 0 Å². The Morgan fingerprint density at radius 1 is 1.00 bits per heavy atom.